The van der Waals surface area contributed by atoms with Crippen molar-refractivity contribution in [3.05, 3.63) is 40.4 Å². The Morgan fingerprint density at radius 3 is 2.26 bits per heavy atom. The van der Waals surface area contributed by atoms with Crippen LogP contribution in [0, 0.1) is 11.3 Å². The van der Waals surface area contributed by atoms with Crippen LogP contribution in [0.3, 0.4) is 0 Å². The number of esters is 1. The second-order valence-corrected chi connectivity index (χ2v) is 9.15. The fraction of sp³-hybridized carbons (Fsp3) is 0.520. The lowest BCUT2D eigenvalue weighted by Crippen LogP contribution is -2.45. The van der Waals surface area contributed by atoms with Gasteiger partial charge >= 0.3 is 5.97 Å². The van der Waals surface area contributed by atoms with E-state index >= 15 is 0 Å². The van der Waals surface area contributed by atoms with Gasteiger partial charge in [0.2, 0.25) is 17.3 Å². The van der Waals surface area contributed by atoms with E-state index < -0.39 is 22.9 Å². The number of fused-ring (bicyclic) bond motifs is 1. The van der Waals surface area contributed by atoms with Gasteiger partial charge in [-0.3, -0.25) is 9.59 Å². The van der Waals surface area contributed by atoms with Crippen molar-refractivity contribution in [1.29, 1.82) is 0 Å². The third kappa shape index (κ3) is 2.78. The first-order valence-corrected chi connectivity index (χ1v) is 11.4. The minimum absolute atomic E-state index is 0.0960. The molecule has 0 aliphatic heterocycles. The quantitative estimate of drug-likeness (QED) is 0.423. The van der Waals surface area contributed by atoms with Crippen molar-refractivity contribution >= 4 is 23.4 Å². The fourth-order valence-electron chi connectivity index (χ4n) is 6.33. The molecule has 8 nitrogen and oxygen atoms in total. The molecule has 0 saturated heterocycles. The Hall–Kier alpha value is -2.87. The van der Waals surface area contributed by atoms with Crippen LogP contribution in [-0.2, 0) is 35.6 Å². The van der Waals surface area contributed by atoms with Crippen LogP contribution in [0.15, 0.2) is 29.2 Å². The highest BCUT2D eigenvalue weighted by Gasteiger charge is 2.73. The summed E-state index contributed by atoms with van der Waals surface area (Å²) in [5.74, 6) is 0.415. The van der Waals surface area contributed by atoms with Gasteiger partial charge < -0.3 is 28.4 Å². The summed E-state index contributed by atoms with van der Waals surface area (Å²) >= 11 is 5.77. The number of halogens is 1. The molecule has 1 fully saturated rings. The summed E-state index contributed by atoms with van der Waals surface area (Å²) in [6.07, 6.45) is 1.38. The molecule has 4 rings (SSSR count). The van der Waals surface area contributed by atoms with Crippen LogP contribution in [0.5, 0.6) is 17.2 Å². The predicted octanol–water partition coefficient (Wildman–Crippen LogP) is 3.33. The Bertz CT molecular complexity index is 1120. The number of alkyl halides is 1. The van der Waals surface area contributed by atoms with Crippen LogP contribution in [0.25, 0.3) is 0 Å². The lowest BCUT2D eigenvalue weighted by atomic mass is 9.60. The monoisotopic (exact) mass is 492 g/mol. The molecule has 0 unspecified atom stereocenters. The molecule has 3 aliphatic rings. The van der Waals surface area contributed by atoms with Gasteiger partial charge in [-0.1, -0.05) is 13.8 Å². The maximum absolute atomic E-state index is 13.1. The van der Waals surface area contributed by atoms with Crippen LogP contribution >= 0.6 is 11.6 Å². The molecule has 0 amide bonds. The van der Waals surface area contributed by atoms with Crippen molar-refractivity contribution in [2.24, 2.45) is 11.3 Å². The molecule has 4 atom stereocenters. The Morgan fingerprint density at radius 2 is 1.74 bits per heavy atom. The van der Waals surface area contributed by atoms with E-state index in [0.29, 0.717) is 35.0 Å². The molecule has 0 bridgehead atoms. The summed E-state index contributed by atoms with van der Waals surface area (Å²) in [6, 6.07) is 1.93. The molecular weight excluding hydrogens is 464 g/mol. The SMILES string of the molecule is COC1=C(OC)[C@]23C(=CC1=O)[C@H](OC(=O)CCl)[C@H](C)[C@@]2(C)Cc1cc(OC)c(OC)c(OC)c13. The minimum atomic E-state index is -1.02. The number of allylic oxidation sites excluding steroid dienone is 2. The number of carbonyl (C=O) groups is 2. The summed E-state index contributed by atoms with van der Waals surface area (Å²) in [5, 5.41) is 0. The topological polar surface area (TPSA) is 89.5 Å². The normalized spacial score (nSPS) is 29.1. The van der Waals surface area contributed by atoms with Gasteiger partial charge in [-0.25, -0.2) is 0 Å². The maximum Gasteiger partial charge on any atom is 0.321 e. The zero-order chi connectivity index (χ0) is 25.0. The van der Waals surface area contributed by atoms with E-state index in [1.807, 2.05) is 13.0 Å². The van der Waals surface area contributed by atoms with Gasteiger partial charge in [0.1, 0.15) is 12.0 Å². The van der Waals surface area contributed by atoms with Crippen LogP contribution in [0.2, 0.25) is 0 Å². The number of hydrogen-bond donors (Lipinski definition) is 0. The molecule has 0 radical (unpaired) electrons. The third-order valence-electron chi connectivity index (χ3n) is 7.73. The Balaban J connectivity index is 2.16. The summed E-state index contributed by atoms with van der Waals surface area (Å²) in [4.78, 5) is 25.5. The lowest BCUT2D eigenvalue weighted by molar-refractivity contribution is -0.146. The van der Waals surface area contributed by atoms with Gasteiger partial charge in [-0.15, -0.1) is 11.6 Å². The first kappa shape index (κ1) is 24.3. The Kier molecular flexibility index (Phi) is 6.00. The number of benzene rings is 1. The molecule has 9 heteroatoms. The molecule has 34 heavy (non-hydrogen) atoms. The highest BCUT2D eigenvalue weighted by atomic mass is 35.5. The molecule has 0 heterocycles. The smallest absolute Gasteiger partial charge is 0.321 e. The van der Waals surface area contributed by atoms with Crippen LogP contribution in [-0.4, -0.2) is 59.3 Å². The number of ketones is 1. The van der Waals surface area contributed by atoms with Crippen LogP contribution in [0.1, 0.15) is 25.0 Å². The van der Waals surface area contributed by atoms with Crippen molar-refractivity contribution in [3.63, 3.8) is 0 Å². The summed E-state index contributed by atoms with van der Waals surface area (Å²) in [5.41, 5.74) is 0.734. The molecule has 3 aliphatic carbocycles. The Morgan fingerprint density at radius 1 is 1.06 bits per heavy atom. The van der Waals surface area contributed by atoms with E-state index in [1.54, 1.807) is 14.2 Å². The van der Waals surface area contributed by atoms with Gasteiger partial charge in [0.25, 0.3) is 0 Å². The summed E-state index contributed by atoms with van der Waals surface area (Å²) in [7, 11) is 7.60. The van der Waals surface area contributed by atoms with Crippen molar-refractivity contribution in [3.8, 4) is 17.2 Å². The number of rotatable bonds is 7. The largest absolute Gasteiger partial charge is 0.496 e. The van der Waals surface area contributed by atoms with Gasteiger partial charge in [-0.05, 0) is 35.1 Å². The predicted molar refractivity (Wildman–Crippen MR) is 123 cm³/mol. The van der Waals surface area contributed by atoms with Gasteiger partial charge in [0.05, 0.1) is 41.0 Å². The van der Waals surface area contributed by atoms with Crippen molar-refractivity contribution in [2.75, 3.05) is 41.4 Å². The second kappa shape index (κ2) is 8.41. The van der Waals surface area contributed by atoms with Crippen molar-refractivity contribution in [1.82, 2.24) is 0 Å². The number of methoxy groups -OCH3 is 5. The van der Waals surface area contributed by atoms with E-state index in [9.17, 15) is 9.59 Å². The first-order chi connectivity index (χ1) is 16.2. The van der Waals surface area contributed by atoms with E-state index in [0.717, 1.165) is 11.1 Å². The molecule has 1 aromatic carbocycles. The minimum Gasteiger partial charge on any atom is -0.496 e. The Labute approximate surface area is 203 Å². The summed E-state index contributed by atoms with van der Waals surface area (Å²) in [6.45, 7) is 4.10. The first-order valence-electron chi connectivity index (χ1n) is 10.9. The molecule has 1 saturated carbocycles. The fourth-order valence-corrected chi connectivity index (χ4v) is 6.39. The van der Waals surface area contributed by atoms with Crippen LogP contribution < -0.4 is 14.2 Å². The van der Waals surface area contributed by atoms with Crippen molar-refractivity contribution in [2.45, 2.75) is 31.8 Å². The highest BCUT2D eigenvalue weighted by molar-refractivity contribution is 6.26. The molecule has 184 valence electrons. The number of carbonyl (C=O) groups excluding carboxylic acids is 2. The average molecular weight is 493 g/mol. The van der Waals surface area contributed by atoms with Gasteiger partial charge in [0.15, 0.2) is 17.3 Å². The zero-order valence-corrected chi connectivity index (χ0v) is 21.1. The van der Waals surface area contributed by atoms with Gasteiger partial charge in [0, 0.05) is 11.5 Å². The van der Waals surface area contributed by atoms with E-state index in [1.165, 1.54) is 27.4 Å². The van der Waals surface area contributed by atoms with Gasteiger partial charge in [-0.2, -0.15) is 0 Å². The molecular formula is C25H29ClO8. The van der Waals surface area contributed by atoms with E-state index in [-0.39, 0.29) is 23.3 Å². The van der Waals surface area contributed by atoms with E-state index in [4.69, 9.17) is 40.0 Å². The van der Waals surface area contributed by atoms with Crippen molar-refractivity contribution < 1.29 is 38.0 Å². The average Bonchev–Trinajstić information content (AvgIpc) is 3.19. The molecule has 0 aromatic heterocycles. The second-order valence-electron chi connectivity index (χ2n) is 8.89. The summed E-state index contributed by atoms with van der Waals surface area (Å²) < 4.78 is 34.6. The number of hydrogen-bond acceptors (Lipinski definition) is 8. The molecule has 0 N–H and O–H groups in total. The lowest BCUT2D eigenvalue weighted by Gasteiger charge is -2.43. The highest BCUT2D eigenvalue weighted by Crippen LogP contribution is 2.73. The zero-order valence-electron chi connectivity index (χ0n) is 20.4. The maximum atomic E-state index is 13.1. The third-order valence-corrected chi connectivity index (χ3v) is 7.95. The molecule has 1 spiro atoms. The standard InChI is InChI=1S/C25H29ClO8/c1-12-19(34-17(28)11-26)14-9-15(27)20(30-4)23(33-7)25(14)18-13(10-24(12,25)2)8-16(29-3)21(31-5)22(18)32-6/h8-9,12,19H,10-11H2,1-7H3/t12-,19+,24+,25+/m0/s1. The molecule has 1 aromatic rings. The van der Waals surface area contributed by atoms with Crippen LogP contribution in [0.4, 0.5) is 0 Å². The number of ether oxygens (including phenoxy) is 6. The van der Waals surface area contributed by atoms with E-state index in [2.05, 4.69) is 6.92 Å².